The van der Waals surface area contributed by atoms with Gasteiger partial charge in [0.25, 0.3) is 0 Å². The highest BCUT2D eigenvalue weighted by atomic mass is 19.4. The van der Waals surface area contributed by atoms with Gasteiger partial charge in [0, 0.05) is 41.7 Å². The van der Waals surface area contributed by atoms with Crippen LogP contribution in [0.1, 0.15) is 17.5 Å². The number of nitrogens with one attached hydrogen (secondary N) is 1. The Hall–Kier alpha value is -4.87. The molecule has 1 atom stereocenters. The number of rotatable bonds is 8. The van der Waals surface area contributed by atoms with E-state index in [1.165, 1.54) is 30.5 Å². The number of nitrogens with zero attached hydrogens (tertiary/aromatic N) is 3. The first-order valence-electron chi connectivity index (χ1n) is 13.1. The Kier molecular flexibility index (Phi) is 8.14. The van der Waals surface area contributed by atoms with Crippen LogP contribution in [0.15, 0.2) is 67.0 Å². The maximum Gasteiger partial charge on any atom is 0.416 e. The van der Waals surface area contributed by atoms with Crippen molar-refractivity contribution >= 4 is 28.6 Å². The smallest absolute Gasteiger partial charge is 0.416 e. The van der Waals surface area contributed by atoms with Crippen molar-refractivity contribution in [3.63, 3.8) is 0 Å². The number of ether oxygens (including phenoxy) is 2. The van der Waals surface area contributed by atoms with Crippen molar-refractivity contribution in [1.29, 1.82) is 0 Å². The largest absolute Gasteiger partial charge is 0.493 e. The van der Waals surface area contributed by atoms with E-state index in [4.69, 9.17) is 9.47 Å². The summed E-state index contributed by atoms with van der Waals surface area (Å²) in [5.74, 6) is 0.699. The molecule has 9 nitrogen and oxygen atoms in total. The summed E-state index contributed by atoms with van der Waals surface area (Å²) >= 11 is 0. The van der Waals surface area contributed by atoms with Crippen LogP contribution in [0.4, 0.5) is 23.7 Å². The maximum absolute atomic E-state index is 12.8. The van der Waals surface area contributed by atoms with Gasteiger partial charge >= 0.3 is 12.3 Å². The number of carbonyl (C=O) groups is 2. The molecule has 1 unspecified atom stereocenters. The maximum atomic E-state index is 12.8. The Morgan fingerprint density at radius 2 is 1.79 bits per heavy atom. The van der Waals surface area contributed by atoms with Gasteiger partial charge in [0.1, 0.15) is 6.33 Å². The Balaban J connectivity index is 1.27. The highest BCUT2D eigenvalue weighted by Gasteiger charge is 2.30. The third kappa shape index (κ3) is 6.54. The molecule has 4 aromatic rings. The van der Waals surface area contributed by atoms with Crippen LogP contribution < -0.4 is 14.8 Å². The SMILES string of the molecule is COc1cc2c(-c3ccc(NC(=O)Cc4ccc(C(F)(F)F)cc4)cc3)ncnc2cc1OCC1CCN(C(=O)O)C1. The second-order valence-electron chi connectivity index (χ2n) is 9.93. The molecule has 1 saturated heterocycles. The van der Waals surface area contributed by atoms with Gasteiger partial charge in [-0.15, -0.1) is 0 Å². The van der Waals surface area contributed by atoms with Crippen molar-refractivity contribution in [1.82, 2.24) is 14.9 Å². The Bertz CT molecular complexity index is 1590. The molecule has 42 heavy (non-hydrogen) atoms. The number of likely N-dealkylation sites (tertiary alicyclic amines) is 1. The van der Waals surface area contributed by atoms with Crippen LogP contribution in [-0.2, 0) is 17.4 Å². The molecular weight excluding hydrogens is 553 g/mol. The quantitative estimate of drug-likeness (QED) is 0.267. The van der Waals surface area contributed by atoms with Crippen molar-refractivity contribution in [2.45, 2.75) is 19.0 Å². The summed E-state index contributed by atoms with van der Waals surface area (Å²) < 4.78 is 49.9. The van der Waals surface area contributed by atoms with Crippen LogP contribution in [0.3, 0.4) is 0 Å². The molecule has 1 fully saturated rings. The number of carboxylic acid groups (broad SMARTS) is 1. The van der Waals surface area contributed by atoms with E-state index < -0.39 is 17.8 Å². The molecule has 1 aromatic heterocycles. The molecule has 0 saturated carbocycles. The number of alkyl halides is 3. The first-order valence-corrected chi connectivity index (χ1v) is 13.1. The fraction of sp³-hybridized carbons (Fsp3) is 0.267. The second-order valence-corrected chi connectivity index (χ2v) is 9.93. The van der Waals surface area contributed by atoms with E-state index >= 15 is 0 Å². The van der Waals surface area contributed by atoms with E-state index in [0.29, 0.717) is 53.7 Å². The lowest BCUT2D eigenvalue weighted by atomic mass is 10.1. The molecule has 0 spiro atoms. The van der Waals surface area contributed by atoms with Crippen molar-refractivity contribution < 1.29 is 37.3 Å². The fourth-order valence-electron chi connectivity index (χ4n) is 4.83. The van der Waals surface area contributed by atoms with Gasteiger partial charge in [-0.3, -0.25) is 4.79 Å². The summed E-state index contributed by atoms with van der Waals surface area (Å²) in [5.41, 5.74) is 2.25. The number of benzene rings is 3. The van der Waals surface area contributed by atoms with Crippen molar-refractivity contribution in [2.24, 2.45) is 5.92 Å². The van der Waals surface area contributed by atoms with E-state index in [1.807, 2.05) is 0 Å². The highest BCUT2D eigenvalue weighted by molar-refractivity contribution is 5.95. The number of amides is 2. The Morgan fingerprint density at radius 3 is 2.43 bits per heavy atom. The second kappa shape index (κ2) is 11.9. The average Bonchev–Trinajstić information content (AvgIpc) is 3.45. The van der Waals surface area contributed by atoms with Crippen LogP contribution >= 0.6 is 0 Å². The third-order valence-electron chi connectivity index (χ3n) is 7.04. The molecule has 2 amide bonds. The predicted molar refractivity (Wildman–Crippen MR) is 149 cm³/mol. The number of anilines is 1. The Labute approximate surface area is 238 Å². The molecule has 1 aliphatic rings. The summed E-state index contributed by atoms with van der Waals surface area (Å²) in [6.45, 7) is 1.25. The predicted octanol–water partition coefficient (Wildman–Crippen LogP) is 5.88. The molecule has 0 bridgehead atoms. The molecule has 2 N–H and O–H groups in total. The minimum atomic E-state index is -4.43. The third-order valence-corrected chi connectivity index (χ3v) is 7.04. The zero-order chi connectivity index (χ0) is 29.9. The van der Waals surface area contributed by atoms with Crippen molar-refractivity contribution in [3.8, 4) is 22.8 Å². The van der Waals surface area contributed by atoms with Crippen LogP contribution in [0.5, 0.6) is 11.5 Å². The average molecular weight is 581 g/mol. The van der Waals surface area contributed by atoms with Crippen LogP contribution in [-0.4, -0.2) is 58.8 Å². The minimum Gasteiger partial charge on any atom is -0.493 e. The number of hydrogen-bond acceptors (Lipinski definition) is 6. The van der Waals surface area contributed by atoms with Gasteiger partial charge in [0.15, 0.2) is 11.5 Å². The minimum absolute atomic E-state index is 0.0702. The molecule has 1 aliphatic heterocycles. The van der Waals surface area contributed by atoms with E-state index in [2.05, 4.69) is 15.3 Å². The van der Waals surface area contributed by atoms with Crippen LogP contribution in [0.25, 0.3) is 22.2 Å². The molecule has 5 rings (SSSR count). The van der Waals surface area contributed by atoms with E-state index in [1.54, 1.807) is 36.4 Å². The van der Waals surface area contributed by atoms with Gasteiger partial charge in [-0.2, -0.15) is 13.2 Å². The molecular formula is C30H27F3N4O5. The molecule has 218 valence electrons. The van der Waals surface area contributed by atoms with Gasteiger partial charge in [0.2, 0.25) is 5.91 Å². The monoisotopic (exact) mass is 580 g/mol. The number of carbonyl (C=O) groups excluding carboxylic acids is 1. The number of aromatic nitrogens is 2. The van der Waals surface area contributed by atoms with E-state index in [9.17, 15) is 27.9 Å². The fourth-order valence-corrected chi connectivity index (χ4v) is 4.83. The zero-order valence-corrected chi connectivity index (χ0v) is 22.5. The molecule has 0 radical (unpaired) electrons. The van der Waals surface area contributed by atoms with Gasteiger partial charge in [0.05, 0.1) is 36.9 Å². The first kappa shape index (κ1) is 28.7. The Morgan fingerprint density at radius 1 is 1.05 bits per heavy atom. The standard InChI is InChI=1S/C30H27F3N4O5/c1-41-25-13-23-24(14-26(25)42-16-19-10-11-37(15-19)29(39)40)34-17-35-28(23)20-4-8-22(9-5-20)36-27(38)12-18-2-6-21(7-3-18)30(31,32)33/h2-9,13-14,17,19H,10-12,15-16H2,1H3,(H,36,38)(H,39,40). The lowest BCUT2D eigenvalue weighted by molar-refractivity contribution is -0.137. The number of fused-ring (bicyclic) bond motifs is 1. The number of methoxy groups -OCH3 is 1. The summed E-state index contributed by atoms with van der Waals surface area (Å²) in [5, 5.41) is 12.7. The van der Waals surface area contributed by atoms with Crippen LogP contribution in [0.2, 0.25) is 0 Å². The molecule has 3 aromatic carbocycles. The van der Waals surface area contributed by atoms with Gasteiger partial charge in [-0.1, -0.05) is 24.3 Å². The highest BCUT2D eigenvalue weighted by Crippen LogP contribution is 2.36. The van der Waals surface area contributed by atoms with Crippen molar-refractivity contribution in [2.75, 3.05) is 32.1 Å². The van der Waals surface area contributed by atoms with Crippen LogP contribution in [0, 0.1) is 5.92 Å². The molecule has 12 heteroatoms. The topological polar surface area (TPSA) is 114 Å². The first-order chi connectivity index (χ1) is 20.1. The summed E-state index contributed by atoms with van der Waals surface area (Å²) in [6, 6.07) is 15.1. The summed E-state index contributed by atoms with van der Waals surface area (Å²) in [7, 11) is 1.53. The molecule has 2 heterocycles. The molecule has 0 aliphatic carbocycles. The summed E-state index contributed by atoms with van der Waals surface area (Å²) in [4.78, 5) is 33.9. The normalized spacial score (nSPS) is 15.0. The number of hydrogen-bond donors (Lipinski definition) is 2. The van der Waals surface area contributed by atoms with Gasteiger partial charge < -0.3 is 24.8 Å². The van der Waals surface area contributed by atoms with Crippen molar-refractivity contribution in [3.05, 3.63) is 78.1 Å². The van der Waals surface area contributed by atoms with E-state index in [0.717, 1.165) is 29.5 Å². The summed E-state index contributed by atoms with van der Waals surface area (Å²) in [6.07, 6.45) is -3.27. The lowest BCUT2D eigenvalue weighted by Crippen LogP contribution is -2.27. The lowest BCUT2D eigenvalue weighted by Gasteiger charge is -2.16. The van der Waals surface area contributed by atoms with E-state index in [-0.39, 0.29) is 18.2 Å². The zero-order valence-electron chi connectivity index (χ0n) is 22.5. The number of halogens is 3. The van der Waals surface area contributed by atoms with Gasteiger partial charge in [-0.05, 0) is 42.3 Å². The van der Waals surface area contributed by atoms with Gasteiger partial charge in [-0.25, -0.2) is 14.8 Å².